The third kappa shape index (κ3) is 6.37. The normalized spacial score (nSPS) is 13.1. The minimum atomic E-state index is -4.22. The molecule has 1 fully saturated rings. The lowest BCUT2D eigenvalue weighted by molar-refractivity contribution is 0.0691. The molecule has 6 rings (SSSR count). The minimum Gasteiger partial charge on any atom is -0.476 e. The van der Waals surface area contributed by atoms with Gasteiger partial charge in [0.15, 0.2) is 5.69 Å². The van der Waals surface area contributed by atoms with Crippen molar-refractivity contribution in [3.63, 3.8) is 0 Å². The van der Waals surface area contributed by atoms with E-state index in [0.717, 1.165) is 45.7 Å². The number of nitrogens with two attached hydrogens (primary N) is 1. The summed E-state index contributed by atoms with van der Waals surface area (Å²) in [6.45, 7) is 4.09. The minimum absolute atomic E-state index is 0.0713. The quantitative estimate of drug-likeness (QED) is 0.196. The maximum absolute atomic E-state index is 14.9. The van der Waals surface area contributed by atoms with Gasteiger partial charge in [0, 0.05) is 33.4 Å². The van der Waals surface area contributed by atoms with Gasteiger partial charge >= 0.3 is 5.97 Å². The number of benzene rings is 2. The lowest BCUT2D eigenvalue weighted by Crippen LogP contribution is -2.14. The summed E-state index contributed by atoms with van der Waals surface area (Å²) in [5, 5.41) is 21.6. The number of aromatic nitrogens is 3. The number of carboxylic acids is 1. The maximum atomic E-state index is 14.9. The molecule has 0 aliphatic heterocycles. The van der Waals surface area contributed by atoms with Crippen LogP contribution >= 0.6 is 22.7 Å². The first-order chi connectivity index (χ1) is 21.0. The fourth-order valence-corrected chi connectivity index (χ4v) is 7.29. The maximum Gasteiger partial charge on any atom is 0.355 e. The highest BCUT2D eigenvalue weighted by Gasteiger charge is 2.29. The van der Waals surface area contributed by atoms with Crippen LogP contribution in [-0.4, -0.2) is 34.3 Å². The van der Waals surface area contributed by atoms with Gasteiger partial charge in [-0.15, -0.1) is 22.7 Å². The summed E-state index contributed by atoms with van der Waals surface area (Å²) in [6, 6.07) is 13.7. The van der Waals surface area contributed by atoms with Gasteiger partial charge in [-0.3, -0.25) is 0 Å². The summed E-state index contributed by atoms with van der Waals surface area (Å²) in [4.78, 5) is 17.6. The zero-order chi connectivity index (χ0) is 31.2. The number of hydrogen-bond acceptors (Lipinski definition) is 7. The lowest BCUT2D eigenvalue weighted by Gasteiger charge is -2.10. The number of nitrogens with zero attached hydrogens (tertiary/aromatic N) is 3. The number of thiazole rings is 1. The number of rotatable bonds is 8. The fourth-order valence-electron chi connectivity index (χ4n) is 5.05. The van der Waals surface area contributed by atoms with E-state index in [9.17, 15) is 22.7 Å². The molecule has 0 bridgehead atoms. The zero-order valence-corrected chi connectivity index (χ0v) is 26.2. The van der Waals surface area contributed by atoms with Crippen LogP contribution in [0.3, 0.4) is 0 Å². The Labute approximate surface area is 262 Å². The number of aromatic carboxylic acids is 1. The molecule has 12 heteroatoms. The van der Waals surface area contributed by atoms with E-state index in [0.29, 0.717) is 28.7 Å². The average molecular weight is 647 g/mol. The van der Waals surface area contributed by atoms with E-state index < -0.39 is 26.7 Å². The number of carboxylic acid groups (broad SMARTS) is 1. The summed E-state index contributed by atoms with van der Waals surface area (Å²) in [5.41, 5.74) is 5.49. The first-order valence-electron chi connectivity index (χ1n) is 13.8. The van der Waals surface area contributed by atoms with Crippen LogP contribution in [0.1, 0.15) is 61.0 Å². The van der Waals surface area contributed by atoms with Gasteiger partial charge in [-0.1, -0.05) is 30.0 Å². The molecule has 0 unspecified atom stereocenters. The molecule has 44 heavy (non-hydrogen) atoms. The predicted octanol–water partition coefficient (Wildman–Crippen LogP) is 6.10. The number of halogens is 1. The molecule has 0 spiro atoms. The molecule has 3 N–H and O–H groups in total. The fraction of sp³-hybridized carbons (Fsp3) is 0.219. The van der Waals surface area contributed by atoms with E-state index in [1.807, 2.05) is 31.2 Å². The third-order valence-corrected chi connectivity index (χ3v) is 10.2. The monoisotopic (exact) mass is 646 g/mol. The highest BCUT2D eigenvalue weighted by Crippen LogP contribution is 2.38. The molecule has 5 aromatic rings. The lowest BCUT2D eigenvalue weighted by atomic mass is 9.96. The Morgan fingerprint density at radius 1 is 1.16 bits per heavy atom. The second kappa shape index (κ2) is 11.7. The number of aryl methyl sites for hydroxylation is 2. The third-order valence-electron chi connectivity index (χ3n) is 7.34. The smallest absolute Gasteiger partial charge is 0.355 e. The largest absolute Gasteiger partial charge is 0.476 e. The van der Waals surface area contributed by atoms with E-state index in [-0.39, 0.29) is 12.1 Å². The van der Waals surface area contributed by atoms with Crippen LogP contribution in [0.5, 0.6) is 0 Å². The molecule has 3 aromatic heterocycles. The van der Waals surface area contributed by atoms with Gasteiger partial charge in [0.2, 0.25) is 15.2 Å². The van der Waals surface area contributed by atoms with E-state index in [2.05, 4.69) is 29.8 Å². The summed E-state index contributed by atoms with van der Waals surface area (Å²) >= 11 is 2.83. The molecule has 1 aliphatic carbocycles. The van der Waals surface area contributed by atoms with Crippen molar-refractivity contribution >= 4 is 38.7 Å². The topological polar surface area (TPSA) is 128 Å². The van der Waals surface area contributed by atoms with Crippen LogP contribution in [0.15, 0.2) is 58.8 Å². The van der Waals surface area contributed by atoms with Crippen LogP contribution < -0.4 is 5.14 Å². The first-order valence-corrected chi connectivity index (χ1v) is 17.0. The van der Waals surface area contributed by atoms with Gasteiger partial charge in [0.05, 0.1) is 16.3 Å². The molecule has 0 amide bonds. The van der Waals surface area contributed by atoms with Crippen molar-refractivity contribution in [3.05, 3.63) is 103 Å². The molecular formula is C32H27FN4O4S3. The molecule has 1 saturated carbocycles. The second-order valence-corrected chi connectivity index (χ2v) is 14.5. The van der Waals surface area contributed by atoms with E-state index in [4.69, 9.17) is 10.2 Å². The molecule has 2 aromatic carbocycles. The van der Waals surface area contributed by atoms with Crippen molar-refractivity contribution in [1.82, 2.24) is 14.8 Å². The SMILES string of the molecule is Cc1cc(C)c(C#Cc2cccc(-c3nn(-c4nc(C(=O)O)cs4)c(CC4CC4)c3Cc3ccc(S(N)(=O)=O)c(F)c3)c2)s1. The Balaban J connectivity index is 1.49. The molecule has 0 saturated heterocycles. The molecule has 3 heterocycles. The highest BCUT2D eigenvalue weighted by atomic mass is 32.2. The van der Waals surface area contributed by atoms with Gasteiger partial charge in [-0.25, -0.2) is 32.4 Å². The first kappa shape index (κ1) is 29.9. The summed E-state index contributed by atoms with van der Waals surface area (Å²) in [7, 11) is -4.22. The molecular weight excluding hydrogens is 620 g/mol. The van der Waals surface area contributed by atoms with Crippen molar-refractivity contribution < 1.29 is 22.7 Å². The number of carbonyl (C=O) groups is 1. The highest BCUT2D eigenvalue weighted by molar-refractivity contribution is 7.89. The number of primary sulfonamides is 1. The standard InChI is InChI=1S/C32H27FN4O4S3/c1-18-12-19(2)43-28(18)10-8-20-4-3-5-23(13-20)30-24(14-22-9-11-29(25(33)15-22)44(34,40)41)27(16-21-6-7-21)37(36-30)32-35-26(17-42-32)31(38)39/h3-5,9,11-13,15,17,21H,6-7,14,16H2,1-2H3,(H,38,39)(H2,34,40,41). The van der Waals surface area contributed by atoms with Gasteiger partial charge in [0.25, 0.3) is 0 Å². The van der Waals surface area contributed by atoms with Crippen molar-refractivity contribution in [3.8, 4) is 28.2 Å². The van der Waals surface area contributed by atoms with Crippen molar-refractivity contribution in [2.24, 2.45) is 11.1 Å². The number of hydrogen-bond donors (Lipinski definition) is 2. The molecule has 1 aliphatic rings. The van der Waals surface area contributed by atoms with Crippen molar-refractivity contribution in [2.45, 2.75) is 44.4 Å². The predicted molar refractivity (Wildman–Crippen MR) is 168 cm³/mol. The summed E-state index contributed by atoms with van der Waals surface area (Å²) in [5.74, 6) is 4.92. The van der Waals surface area contributed by atoms with E-state index in [1.54, 1.807) is 22.1 Å². The summed E-state index contributed by atoms with van der Waals surface area (Å²) in [6.07, 6.45) is 3.05. The summed E-state index contributed by atoms with van der Waals surface area (Å²) < 4.78 is 40.2. The van der Waals surface area contributed by atoms with Gasteiger partial charge in [0.1, 0.15) is 10.7 Å². The van der Waals surface area contributed by atoms with Gasteiger partial charge < -0.3 is 5.11 Å². The molecule has 0 atom stereocenters. The van der Waals surface area contributed by atoms with Crippen LogP contribution in [0.2, 0.25) is 0 Å². The van der Waals surface area contributed by atoms with Crippen LogP contribution in [0.25, 0.3) is 16.4 Å². The number of sulfonamides is 1. The Morgan fingerprint density at radius 2 is 1.95 bits per heavy atom. The van der Waals surface area contributed by atoms with Crippen LogP contribution in [0, 0.1) is 37.4 Å². The number of thiophene rings is 1. The average Bonchev–Trinajstić information content (AvgIpc) is 3.36. The van der Waals surface area contributed by atoms with E-state index in [1.165, 1.54) is 33.7 Å². The van der Waals surface area contributed by atoms with Crippen LogP contribution in [0.4, 0.5) is 4.39 Å². The molecule has 224 valence electrons. The van der Waals surface area contributed by atoms with Gasteiger partial charge in [-0.2, -0.15) is 5.10 Å². The Morgan fingerprint density at radius 3 is 2.59 bits per heavy atom. The Hall–Kier alpha value is -4.15. The second-order valence-electron chi connectivity index (χ2n) is 10.8. The van der Waals surface area contributed by atoms with E-state index >= 15 is 0 Å². The molecule has 8 nitrogen and oxygen atoms in total. The zero-order valence-electron chi connectivity index (χ0n) is 23.8. The van der Waals surface area contributed by atoms with Crippen molar-refractivity contribution in [2.75, 3.05) is 0 Å². The Bertz CT molecular complexity index is 2100. The van der Waals surface area contributed by atoms with Gasteiger partial charge in [-0.05, 0) is 80.5 Å². The Kier molecular flexibility index (Phi) is 7.98. The van der Waals surface area contributed by atoms with Crippen LogP contribution in [-0.2, 0) is 22.9 Å². The van der Waals surface area contributed by atoms with Crippen molar-refractivity contribution in [1.29, 1.82) is 0 Å². The molecule has 0 radical (unpaired) electrons.